The van der Waals surface area contributed by atoms with E-state index >= 15 is 0 Å². The van der Waals surface area contributed by atoms with E-state index in [1.807, 2.05) is 0 Å². The average Bonchev–Trinajstić information content (AvgIpc) is 2.41. The van der Waals surface area contributed by atoms with Gasteiger partial charge in [-0.3, -0.25) is 0 Å². The molecule has 19 heavy (non-hydrogen) atoms. The highest BCUT2D eigenvalue weighted by atomic mass is 19.1. The van der Waals surface area contributed by atoms with Crippen molar-refractivity contribution < 1.29 is 4.39 Å². The number of aromatic nitrogens is 2. The summed E-state index contributed by atoms with van der Waals surface area (Å²) in [6.45, 7) is 2.66. The summed E-state index contributed by atoms with van der Waals surface area (Å²) in [7, 11) is 0. The Balaban J connectivity index is 2.10. The van der Waals surface area contributed by atoms with E-state index < -0.39 is 0 Å². The summed E-state index contributed by atoms with van der Waals surface area (Å²) in [4.78, 5) is 8.22. The molecule has 0 spiro atoms. The van der Waals surface area contributed by atoms with Crippen LogP contribution in [0.3, 0.4) is 0 Å². The molecule has 1 aromatic heterocycles. The van der Waals surface area contributed by atoms with E-state index in [0.29, 0.717) is 12.4 Å². The van der Waals surface area contributed by atoms with Gasteiger partial charge < -0.3 is 11.1 Å². The smallest absolute Gasteiger partial charge is 0.134 e. The number of hydrogen-bond donors (Lipinski definition) is 2. The van der Waals surface area contributed by atoms with Gasteiger partial charge in [0.25, 0.3) is 0 Å². The highest BCUT2D eigenvalue weighted by molar-refractivity contribution is 5.55. The Kier molecular flexibility index (Phi) is 4.28. The second-order valence-electron chi connectivity index (χ2n) is 4.32. The molecule has 0 aliphatic heterocycles. The molecule has 2 aromatic rings. The minimum atomic E-state index is -0.235. The summed E-state index contributed by atoms with van der Waals surface area (Å²) in [5.41, 5.74) is 7.78. The van der Waals surface area contributed by atoms with Crippen LogP contribution in [-0.2, 0) is 13.0 Å². The van der Waals surface area contributed by atoms with Gasteiger partial charge in [0.1, 0.15) is 23.8 Å². The summed E-state index contributed by atoms with van der Waals surface area (Å²) in [5.74, 6) is 1.03. The van der Waals surface area contributed by atoms with Crippen molar-refractivity contribution in [2.75, 3.05) is 11.1 Å². The number of hydrogen-bond acceptors (Lipinski definition) is 4. The van der Waals surface area contributed by atoms with Crippen LogP contribution in [0.15, 0.2) is 30.6 Å². The first-order valence-corrected chi connectivity index (χ1v) is 6.28. The predicted octanol–water partition coefficient (Wildman–Crippen LogP) is 2.76. The fourth-order valence-electron chi connectivity index (χ4n) is 1.86. The number of nitrogen functional groups attached to an aromatic ring is 1. The Morgan fingerprint density at radius 3 is 2.63 bits per heavy atom. The molecule has 0 aliphatic carbocycles. The molecule has 0 amide bonds. The second-order valence-corrected chi connectivity index (χ2v) is 4.32. The number of benzene rings is 1. The lowest BCUT2D eigenvalue weighted by Gasteiger charge is -2.11. The first-order chi connectivity index (χ1) is 9.20. The van der Waals surface area contributed by atoms with Crippen molar-refractivity contribution in [1.29, 1.82) is 0 Å². The summed E-state index contributed by atoms with van der Waals surface area (Å²) in [6.07, 6.45) is 3.25. The Morgan fingerprint density at radius 1 is 1.21 bits per heavy atom. The maximum atomic E-state index is 12.8. The lowest BCUT2D eigenvalue weighted by atomic mass is 10.1. The molecule has 1 aromatic carbocycles. The number of nitrogens with one attached hydrogen (secondary N) is 1. The van der Waals surface area contributed by atoms with E-state index in [-0.39, 0.29) is 5.82 Å². The Morgan fingerprint density at radius 2 is 1.95 bits per heavy atom. The molecule has 3 N–H and O–H groups in total. The van der Waals surface area contributed by atoms with E-state index in [1.165, 1.54) is 18.5 Å². The molecule has 0 saturated carbocycles. The molecule has 0 aliphatic rings. The molecular weight excluding hydrogens is 243 g/mol. The van der Waals surface area contributed by atoms with Gasteiger partial charge in [-0.05, 0) is 24.1 Å². The van der Waals surface area contributed by atoms with Crippen LogP contribution in [0.1, 0.15) is 24.5 Å². The Bertz CT molecular complexity index is 540. The normalized spacial score (nSPS) is 10.4. The average molecular weight is 260 g/mol. The molecule has 0 unspecified atom stereocenters. The zero-order chi connectivity index (χ0) is 13.7. The number of halogens is 1. The molecule has 0 fully saturated rings. The number of anilines is 2. The lowest BCUT2D eigenvalue weighted by Crippen LogP contribution is -2.08. The fraction of sp³-hybridized carbons (Fsp3) is 0.286. The monoisotopic (exact) mass is 260 g/mol. The number of nitrogens with two attached hydrogens (primary N) is 1. The molecule has 0 bridgehead atoms. The van der Waals surface area contributed by atoms with Gasteiger partial charge in [0, 0.05) is 12.1 Å². The summed E-state index contributed by atoms with van der Waals surface area (Å²) in [5, 5.41) is 3.22. The van der Waals surface area contributed by atoms with Crippen LogP contribution >= 0.6 is 0 Å². The molecule has 0 radical (unpaired) electrons. The first kappa shape index (κ1) is 13.3. The van der Waals surface area contributed by atoms with Gasteiger partial charge in [0.15, 0.2) is 0 Å². The molecule has 4 nitrogen and oxygen atoms in total. The molecule has 1 heterocycles. The number of nitrogens with zero attached hydrogens (tertiary/aromatic N) is 2. The van der Waals surface area contributed by atoms with Crippen LogP contribution in [0.2, 0.25) is 0 Å². The van der Waals surface area contributed by atoms with Crippen molar-refractivity contribution in [2.24, 2.45) is 0 Å². The molecule has 0 atom stereocenters. The van der Waals surface area contributed by atoms with E-state index in [4.69, 9.17) is 5.73 Å². The molecule has 5 heteroatoms. The van der Waals surface area contributed by atoms with E-state index in [1.54, 1.807) is 12.1 Å². The van der Waals surface area contributed by atoms with Gasteiger partial charge in [-0.15, -0.1) is 0 Å². The van der Waals surface area contributed by atoms with Crippen molar-refractivity contribution in [1.82, 2.24) is 9.97 Å². The van der Waals surface area contributed by atoms with Gasteiger partial charge in [-0.25, -0.2) is 14.4 Å². The molecular formula is C14H17FN4. The van der Waals surface area contributed by atoms with Gasteiger partial charge in [0.2, 0.25) is 0 Å². The van der Waals surface area contributed by atoms with Gasteiger partial charge in [-0.1, -0.05) is 25.5 Å². The standard InChI is InChI=1S/C14H17FN4/c1-2-3-12-13(16)18-9-19-14(12)17-8-10-4-6-11(15)7-5-10/h4-7,9H,2-3,8H2,1H3,(H3,16,17,18,19). The minimum Gasteiger partial charge on any atom is -0.383 e. The molecule has 0 saturated heterocycles. The maximum absolute atomic E-state index is 12.8. The second kappa shape index (κ2) is 6.13. The summed E-state index contributed by atoms with van der Waals surface area (Å²) >= 11 is 0. The third kappa shape index (κ3) is 3.40. The maximum Gasteiger partial charge on any atom is 0.134 e. The van der Waals surface area contributed by atoms with Crippen LogP contribution in [0.5, 0.6) is 0 Å². The fourth-order valence-corrected chi connectivity index (χ4v) is 1.86. The summed E-state index contributed by atoms with van der Waals surface area (Å²) < 4.78 is 12.8. The minimum absolute atomic E-state index is 0.235. The predicted molar refractivity (Wildman–Crippen MR) is 74.2 cm³/mol. The SMILES string of the molecule is CCCc1c(N)ncnc1NCc1ccc(F)cc1. The summed E-state index contributed by atoms with van der Waals surface area (Å²) in [6, 6.07) is 6.37. The Hall–Kier alpha value is -2.17. The first-order valence-electron chi connectivity index (χ1n) is 6.28. The molecule has 2 rings (SSSR count). The highest BCUT2D eigenvalue weighted by Gasteiger charge is 2.07. The lowest BCUT2D eigenvalue weighted by molar-refractivity contribution is 0.627. The zero-order valence-electron chi connectivity index (χ0n) is 10.9. The Labute approximate surface area is 111 Å². The van der Waals surface area contributed by atoms with Crippen molar-refractivity contribution in [3.63, 3.8) is 0 Å². The number of rotatable bonds is 5. The van der Waals surface area contributed by atoms with Crippen molar-refractivity contribution in [2.45, 2.75) is 26.3 Å². The van der Waals surface area contributed by atoms with Gasteiger partial charge in [-0.2, -0.15) is 0 Å². The van der Waals surface area contributed by atoms with E-state index in [0.717, 1.165) is 29.8 Å². The quantitative estimate of drug-likeness (QED) is 0.867. The van der Waals surface area contributed by atoms with Crippen LogP contribution < -0.4 is 11.1 Å². The van der Waals surface area contributed by atoms with Crippen LogP contribution in [-0.4, -0.2) is 9.97 Å². The van der Waals surface area contributed by atoms with Crippen LogP contribution in [0.25, 0.3) is 0 Å². The van der Waals surface area contributed by atoms with Crippen LogP contribution in [0.4, 0.5) is 16.0 Å². The third-order valence-corrected chi connectivity index (χ3v) is 2.85. The topological polar surface area (TPSA) is 63.8 Å². The van der Waals surface area contributed by atoms with E-state index in [9.17, 15) is 4.39 Å². The third-order valence-electron chi connectivity index (χ3n) is 2.85. The van der Waals surface area contributed by atoms with Crippen molar-refractivity contribution in [3.8, 4) is 0 Å². The van der Waals surface area contributed by atoms with Crippen molar-refractivity contribution >= 4 is 11.6 Å². The zero-order valence-corrected chi connectivity index (χ0v) is 10.9. The van der Waals surface area contributed by atoms with E-state index in [2.05, 4.69) is 22.2 Å². The van der Waals surface area contributed by atoms with Gasteiger partial charge in [0.05, 0.1) is 0 Å². The highest BCUT2D eigenvalue weighted by Crippen LogP contribution is 2.19. The van der Waals surface area contributed by atoms with Crippen LogP contribution in [0, 0.1) is 5.82 Å². The van der Waals surface area contributed by atoms with Gasteiger partial charge >= 0.3 is 0 Å². The van der Waals surface area contributed by atoms with Crippen molar-refractivity contribution in [3.05, 3.63) is 47.5 Å². The molecule has 100 valence electrons. The largest absolute Gasteiger partial charge is 0.383 e.